The summed E-state index contributed by atoms with van der Waals surface area (Å²) in [7, 11) is -0.847. The average molecular weight is 500 g/mol. The maximum absolute atomic E-state index is 14.0. The molecule has 0 aliphatic carbocycles. The lowest BCUT2D eigenvalue weighted by molar-refractivity contribution is 0.0964. The van der Waals surface area contributed by atoms with Crippen molar-refractivity contribution in [1.29, 1.82) is 0 Å². The van der Waals surface area contributed by atoms with Gasteiger partial charge in [-0.2, -0.15) is 0 Å². The predicted octanol–water partition coefficient (Wildman–Crippen LogP) is 3.50. The molecule has 4 rings (SSSR count). The van der Waals surface area contributed by atoms with Crippen LogP contribution in [0.5, 0.6) is 0 Å². The van der Waals surface area contributed by atoms with Crippen molar-refractivity contribution in [3.63, 3.8) is 0 Å². The number of carbonyl (C=O) groups excluding carboxylic acids is 1. The number of amides is 1. The van der Waals surface area contributed by atoms with Gasteiger partial charge in [-0.15, -0.1) is 0 Å². The summed E-state index contributed by atoms with van der Waals surface area (Å²) in [5, 5.41) is 3.54. The molecule has 0 fully saturated rings. The van der Waals surface area contributed by atoms with Gasteiger partial charge in [-0.05, 0) is 43.3 Å². The Hall–Kier alpha value is -3.92. The highest BCUT2D eigenvalue weighted by atomic mass is 32.2. The van der Waals surface area contributed by atoms with Crippen LogP contribution in [-0.2, 0) is 10.0 Å². The van der Waals surface area contributed by atoms with Crippen LogP contribution >= 0.6 is 0 Å². The van der Waals surface area contributed by atoms with Crippen LogP contribution in [0.2, 0.25) is 0 Å². The van der Waals surface area contributed by atoms with Crippen molar-refractivity contribution in [2.24, 2.45) is 0 Å². The molecule has 0 bridgehead atoms. The van der Waals surface area contributed by atoms with Crippen molar-refractivity contribution >= 4 is 45.0 Å². The van der Waals surface area contributed by atoms with Gasteiger partial charge in [0.05, 0.1) is 17.5 Å². The molecule has 35 heavy (non-hydrogen) atoms. The van der Waals surface area contributed by atoms with E-state index < -0.39 is 27.6 Å². The summed E-state index contributed by atoms with van der Waals surface area (Å²) < 4.78 is 59.5. The van der Waals surface area contributed by atoms with E-state index in [-0.39, 0.29) is 27.8 Å². The molecule has 4 aromatic rings. The van der Waals surface area contributed by atoms with Crippen molar-refractivity contribution in [2.45, 2.75) is 6.92 Å². The molecule has 0 aliphatic heterocycles. The number of benzene rings is 2. The van der Waals surface area contributed by atoms with Crippen LogP contribution in [0, 0.1) is 5.82 Å². The Balaban J connectivity index is 2.12. The molecule has 10 heteroatoms. The molecule has 1 amide bonds. The number of rotatable bonds is 5. The number of sulfonamides is 1. The minimum atomic E-state index is -3.69. The first-order valence-electron chi connectivity index (χ1n) is 10.5. The van der Waals surface area contributed by atoms with Crippen molar-refractivity contribution in [3.05, 3.63) is 64.4 Å². The average Bonchev–Trinajstić information content (AvgIpc) is 3.37. The van der Waals surface area contributed by atoms with Gasteiger partial charge in [0.2, 0.25) is 10.0 Å². The fourth-order valence-electron chi connectivity index (χ4n) is 3.89. The first-order chi connectivity index (χ1) is 16.4. The fraction of sp³-hybridized carbons (Fsp3) is 0.160. The summed E-state index contributed by atoms with van der Waals surface area (Å²) in [4.78, 5) is 15.9. The highest BCUT2D eigenvalue weighted by Crippen LogP contribution is 2.40. The molecule has 0 radical (unpaired) electrons. The van der Waals surface area contributed by atoms with Crippen molar-refractivity contribution in [3.8, 4) is 22.6 Å². The highest BCUT2D eigenvalue weighted by Gasteiger charge is 2.26. The van der Waals surface area contributed by atoms with Crippen LogP contribution < -0.4 is 20.2 Å². The van der Waals surface area contributed by atoms with Crippen molar-refractivity contribution in [2.75, 3.05) is 24.7 Å². The van der Waals surface area contributed by atoms with Crippen molar-refractivity contribution < 1.29 is 26.4 Å². The van der Waals surface area contributed by atoms with Gasteiger partial charge in [0.15, 0.2) is 0 Å². The maximum atomic E-state index is 14.0. The van der Waals surface area contributed by atoms with Gasteiger partial charge in [0, 0.05) is 52.9 Å². The number of H-pyrrole nitrogens is 1. The standard InChI is InChI=1S/C25H23F2N3O4S/c1-13(26)17-11-20(29-14(17)2)18-10-19-22(12-21(18)30(4)35(5,32)33)34-24(23(19)25(31)28-3)15-6-8-16(27)9-7-15/h6-12,29H,2H2,1,3-5H3,(H,28,31). The van der Waals surface area contributed by atoms with E-state index in [0.717, 1.165) is 10.6 Å². The number of nitrogens with one attached hydrogen (secondary N) is 2. The van der Waals surface area contributed by atoms with E-state index >= 15 is 0 Å². The number of carbonyl (C=O) groups is 1. The Kier molecular flexibility index (Phi) is 6.02. The zero-order chi connectivity index (χ0) is 25.7. The lowest BCUT2D eigenvalue weighted by Gasteiger charge is -2.20. The molecule has 2 N–H and O–H groups in total. The molecule has 0 saturated carbocycles. The molecule has 0 unspecified atom stereocenters. The number of aromatic amines is 1. The summed E-state index contributed by atoms with van der Waals surface area (Å²) in [6, 6.07) is 10.1. The zero-order valence-corrected chi connectivity index (χ0v) is 20.3. The summed E-state index contributed by atoms with van der Waals surface area (Å²) in [6.07, 6.45) is 1.05. The summed E-state index contributed by atoms with van der Waals surface area (Å²) in [5.41, 5.74) is 1.94. The van der Waals surface area contributed by atoms with Gasteiger partial charge in [-0.25, -0.2) is 17.2 Å². The van der Waals surface area contributed by atoms with Gasteiger partial charge >= 0.3 is 0 Å². The molecule has 0 atom stereocenters. The lowest BCUT2D eigenvalue weighted by Crippen LogP contribution is -2.25. The Bertz CT molecular complexity index is 1680. The van der Waals surface area contributed by atoms with Crippen LogP contribution in [0.4, 0.5) is 14.5 Å². The van der Waals surface area contributed by atoms with Gasteiger partial charge < -0.3 is 14.7 Å². The number of aromatic nitrogens is 1. The molecule has 182 valence electrons. The monoisotopic (exact) mass is 499 g/mol. The van der Waals surface area contributed by atoms with E-state index in [9.17, 15) is 22.0 Å². The predicted molar refractivity (Wildman–Crippen MR) is 133 cm³/mol. The van der Waals surface area contributed by atoms with Crippen LogP contribution in [-0.4, -0.2) is 39.7 Å². The highest BCUT2D eigenvalue weighted by molar-refractivity contribution is 7.92. The molecular formula is C25H23F2N3O4S. The minimum absolute atomic E-state index is 0.193. The number of hydrogen-bond acceptors (Lipinski definition) is 4. The quantitative estimate of drug-likeness (QED) is 0.440. The molecule has 2 heterocycles. The van der Waals surface area contributed by atoms with E-state index in [1.165, 1.54) is 57.4 Å². The first-order valence-corrected chi connectivity index (χ1v) is 12.3. The molecule has 2 aromatic heterocycles. The van der Waals surface area contributed by atoms with Crippen LogP contribution in [0.1, 0.15) is 17.3 Å². The summed E-state index contributed by atoms with van der Waals surface area (Å²) in [6.45, 7) is 5.12. The molecule has 0 spiro atoms. The Labute approximate surface area is 200 Å². The normalized spacial score (nSPS) is 12.6. The number of halogens is 2. The number of nitrogens with zero attached hydrogens (tertiary/aromatic N) is 1. The second kappa shape index (κ2) is 8.70. The molecule has 2 aromatic carbocycles. The van der Waals surface area contributed by atoms with E-state index in [4.69, 9.17) is 4.42 Å². The van der Waals surface area contributed by atoms with Gasteiger partial charge in [-0.1, -0.05) is 6.58 Å². The second-order valence-electron chi connectivity index (χ2n) is 8.10. The van der Waals surface area contributed by atoms with Gasteiger partial charge in [0.1, 0.15) is 23.0 Å². The number of fused-ring (bicyclic) bond motifs is 1. The number of furan rings is 1. The Morgan fingerprint density at radius 1 is 1.17 bits per heavy atom. The van der Waals surface area contributed by atoms with Crippen LogP contribution in [0.3, 0.4) is 0 Å². The van der Waals surface area contributed by atoms with Crippen molar-refractivity contribution in [1.82, 2.24) is 10.3 Å². The smallest absolute Gasteiger partial charge is 0.255 e. The van der Waals surface area contributed by atoms with E-state index in [0.29, 0.717) is 27.6 Å². The Morgan fingerprint density at radius 3 is 2.37 bits per heavy atom. The largest absolute Gasteiger partial charge is 0.455 e. The van der Waals surface area contributed by atoms with E-state index in [1.807, 2.05) is 0 Å². The number of hydrogen-bond donors (Lipinski definition) is 2. The SMILES string of the molecule is C=c1[nH]c(-c2cc3c(C(=O)NC)c(-c4ccc(F)cc4)oc3cc2N(C)S(C)(=O)=O)cc1=C(C)F. The molecule has 0 saturated heterocycles. The lowest BCUT2D eigenvalue weighted by atomic mass is 10.0. The minimum Gasteiger partial charge on any atom is -0.455 e. The summed E-state index contributed by atoms with van der Waals surface area (Å²) in [5.74, 6) is -1.15. The van der Waals surface area contributed by atoms with Crippen LogP contribution in [0.25, 0.3) is 46.0 Å². The third-order valence-electron chi connectivity index (χ3n) is 5.76. The van der Waals surface area contributed by atoms with Crippen LogP contribution in [0.15, 0.2) is 46.9 Å². The zero-order valence-electron chi connectivity index (χ0n) is 19.5. The molecule has 7 nitrogen and oxygen atoms in total. The third kappa shape index (κ3) is 4.32. The third-order valence-corrected chi connectivity index (χ3v) is 6.96. The van der Waals surface area contributed by atoms with Gasteiger partial charge in [-0.3, -0.25) is 9.10 Å². The van der Waals surface area contributed by atoms with E-state index in [2.05, 4.69) is 16.9 Å². The first kappa shape index (κ1) is 24.2. The van der Waals surface area contributed by atoms with E-state index in [1.54, 1.807) is 6.07 Å². The molecular weight excluding hydrogens is 476 g/mol. The number of anilines is 1. The molecule has 0 aliphatic rings. The topological polar surface area (TPSA) is 95.4 Å². The van der Waals surface area contributed by atoms with Gasteiger partial charge in [0.25, 0.3) is 5.91 Å². The Morgan fingerprint density at radius 2 is 1.83 bits per heavy atom. The summed E-state index contributed by atoms with van der Waals surface area (Å²) >= 11 is 0. The second-order valence-corrected chi connectivity index (χ2v) is 10.1. The fourth-order valence-corrected chi connectivity index (χ4v) is 4.40. The maximum Gasteiger partial charge on any atom is 0.255 e.